The maximum absolute atomic E-state index is 11.1. The van der Waals surface area contributed by atoms with Crippen molar-refractivity contribution in [1.82, 2.24) is 0 Å². The van der Waals surface area contributed by atoms with Crippen LogP contribution in [0.15, 0.2) is 10.6 Å². The second-order valence-corrected chi connectivity index (χ2v) is 2.89. The van der Waals surface area contributed by atoms with Gasteiger partial charge in [-0.15, -0.1) is 0 Å². The van der Waals surface area contributed by atoms with Crippen molar-refractivity contribution in [1.29, 1.82) is 0 Å². The van der Waals surface area contributed by atoms with E-state index in [1.54, 1.807) is 0 Å². The van der Waals surface area contributed by atoms with E-state index in [2.05, 4.69) is 10.9 Å². The van der Waals surface area contributed by atoms with Crippen LogP contribution in [0.3, 0.4) is 0 Å². The van der Waals surface area contributed by atoms with E-state index in [4.69, 9.17) is 9.47 Å². The molecule has 0 N–H and O–H groups in total. The van der Waals surface area contributed by atoms with Crippen LogP contribution in [-0.4, -0.2) is 30.6 Å². The predicted octanol–water partition coefficient (Wildman–Crippen LogP) is 0.0484. The second kappa shape index (κ2) is 3.03. The zero-order valence-corrected chi connectivity index (χ0v) is 7.58. The summed E-state index contributed by atoms with van der Waals surface area (Å²) in [6, 6.07) is 0. The molecule has 0 unspecified atom stereocenters. The minimum absolute atomic E-state index is 0.304. The van der Waals surface area contributed by atoms with Crippen molar-refractivity contribution in [2.45, 2.75) is 19.6 Å². The third-order valence-electron chi connectivity index (χ3n) is 1.31. The molecule has 1 aliphatic rings. The maximum atomic E-state index is 11.1. The standard InChI is InChI=1S/C8H9NO4/c1-8(2)12-6(10)5(4-9-3)7(11)13-8/h1-3H3. The molecular weight excluding hydrogens is 174 g/mol. The van der Waals surface area contributed by atoms with E-state index >= 15 is 0 Å². The number of nitrogens with zero attached hydrogens (tertiary/aromatic N) is 1. The fraction of sp³-hybridized carbons (Fsp3) is 0.500. The van der Waals surface area contributed by atoms with Crippen LogP contribution in [0, 0.1) is 0 Å². The van der Waals surface area contributed by atoms with Gasteiger partial charge in [-0.3, -0.25) is 0 Å². The maximum Gasteiger partial charge on any atom is 0.358 e. The molecule has 0 amide bonds. The van der Waals surface area contributed by atoms with Gasteiger partial charge in [-0.05, 0) is 0 Å². The number of rotatable bonds is 0. The van der Waals surface area contributed by atoms with Crippen molar-refractivity contribution in [3.05, 3.63) is 5.57 Å². The van der Waals surface area contributed by atoms with Gasteiger partial charge in [-0.1, -0.05) is 0 Å². The molecule has 0 aliphatic carbocycles. The minimum atomic E-state index is -1.20. The molecule has 0 saturated carbocycles. The molecule has 0 bridgehead atoms. The molecule has 0 radical (unpaired) electrons. The Morgan fingerprint density at radius 3 is 2.08 bits per heavy atom. The summed E-state index contributed by atoms with van der Waals surface area (Å²) in [4.78, 5) is 25.7. The number of hydrogen-bond acceptors (Lipinski definition) is 5. The van der Waals surface area contributed by atoms with Gasteiger partial charge >= 0.3 is 11.9 Å². The van der Waals surface area contributed by atoms with Crippen LogP contribution in [0.5, 0.6) is 0 Å². The molecule has 13 heavy (non-hydrogen) atoms. The van der Waals surface area contributed by atoms with Crippen molar-refractivity contribution in [2.24, 2.45) is 4.99 Å². The molecule has 0 spiro atoms. The van der Waals surface area contributed by atoms with Gasteiger partial charge in [0.15, 0.2) is 0 Å². The van der Waals surface area contributed by atoms with Crippen molar-refractivity contribution in [2.75, 3.05) is 7.05 Å². The van der Waals surface area contributed by atoms with E-state index in [1.165, 1.54) is 20.9 Å². The molecule has 70 valence electrons. The Bertz CT molecular complexity index is 301. The lowest BCUT2D eigenvalue weighted by molar-refractivity contribution is -0.222. The average molecular weight is 183 g/mol. The second-order valence-electron chi connectivity index (χ2n) is 2.89. The molecule has 1 fully saturated rings. The number of carbonyl (C=O) groups is 2. The van der Waals surface area contributed by atoms with Gasteiger partial charge in [0, 0.05) is 26.8 Å². The lowest BCUT2D eigenvalue weighted by Gasteiger charge is -2.28. The Balaban J connectivity index is 3.03. The smallest absolute Gasteiger partial charge is 0.358 e. The van der Waals surface area contributed by atoms with E-state index in [-0.39, 0.29) is 5.57 Å². The topological polar surface area (TPSA) is 65.0 Å². The highest BCUT2D eigenvalue weighted by Crippen LogP contribution is 2.20. The van der Waals surface area contributed by atoms with Gasteiger partial charge in [0.2, 0.25) is 5.57 Å². The monoisotopic (exact) mass is 183 g/mol. The zero-order valence-electron chi connectivity index (χ0n) is 7.58. The molecule has 5 nitrogen and oxygen atoms in total. The highest BCUT2D eigenvalue weighted by atomic mass is 16.7. The van der Waals surface area contributed by atoms with Crippen LogP contribution in [0.1, 0.15) is 13.8 Å². The normalized spacial score (nSPS) is 20.1. The van der Waals surface area contributed by atoms with E-state index in [1.807, 2.05) is 0 Å². The summed E-state index contributed by atoms with van der Waals surface area (Å²) in [6.07, 6.45) is 0. The molecule has 0 atom stereocenters. The van der Waals surface area contributed by atoms with Crippen LogP contribution < -0.4 is 0 Å². The van der Waals surface area contributed by atoms with Gasteiger partial charge in [-0.25, -0.2) is 14.6 Å². The largest absolute Gasteiger partial charge is 0.419 e. The molecule has 5 heteroatoms. The summed E-state index contributed by atoms with van der Waals surface area (Å²) in [5.41, 5.74) is -0.304. The zero-order chi connectivity index (χ0) is 10.1. The van der Waals surface area contributed by atoms with Crippen molar-refractivity contribution in [3.63, 3.8) is 0 Å². The number of carbonyl (C=O) groups excluding carboxylic acids is 2. The SMILES string of the molecule is CN=C=C1C(=O)OC(C)(C)OC1=O. The number of hydrogen-bond donors (Lipinski definition) is 0. The third-order valence-corrected chi connectivity index (χ3v) is 1.31. The van der Waals surface area contributed by atoms with Crippen molar-refractivity contribution in [3.8, 4) is 0 Å². The minimum Gasteiger partial charge on any atom is -0.419 e. The first kappa shape index (κ1) is 9.48. The quantitative estimate of drug-likeness (QED) is 0.230. The summed E-state index contributed by atoms with van der Waals surface area (Å²) < 4.78 is 9.54. The number of aliphatic imine (C=N–C) groups is 1. The van der Waals surface area contributed by atoms with Gasteiger partial charge < -0.3 is 9.47 Å². The summed E-state index contributed by atoms with van der Waals surface area (Å²) >= 11 is 0. The van der Waals surface area contributed by atoms with E-state index in [0.29, 0.717) is 0 Å². The lowest BCUT2D eigenvalue weighted by atomic mass is 10.2. The van der Waals surface area contributed by atoms with Gasteiger partial charge in [-0.2, -0.15) is 0 Å². The molecule has 0 aromatic rings. The number of cyclic esters (lactones) is 2. The van der Waals surface area contributed by atoms with Crippen LogP contribution in [-0.2, 0) is 19.1 Å². The molecule has 1 heterocycles. The summed E-state index contributed by atoms with van der Waals surface area (Å²) in [5.74, 6) is -0.502. The van der Waals surface area contributed by atoms with E-state index < -0.39 is 17.7 Å². The number of ether oxygens (including phenoxy) is 2. The van der Waals surface area contributed by atoms with Gasteiger partial charge in [0.05, 0.1) is 0 Å². The Morgan fingerprint density at radius 1 is 1.23 bits per heavy atom. The highest BCUT2D eigenvalue weighted by Gasteiger charge is 2.39. The Labute approximate surface area is 75.0 Å². The van der Waals surface area contributed by atoms with Crippen LogP contribution in [0.2, 0.25) is 0 Å². The van der Waals surface area contributed by atoms with Gasteiger partial charge in [0.25, 0.3) is 5.79 Å². The van der Waals surface area contributed by atoms with Crippen LogP contribution in [0.25, 0.3) is 0 Å². The van der Waals surface area contributed by atoms with Crippen LogP contribution >= 0.6 is 0 Å². The Kier molecular flexibility index (Phi) is 2.21. The molecule has 1 aliphatic heterocycles. The Hall–Kier alpha value is -1.61. The first-order chi connectivity index (χ1) is 5.96. The van der Waals surface area contributed by atoms with Crippen molar-refractivity contribution < 1.29 is 19.1 Å². The summed E-state index contributed by atoms with van der Waals surface area (Å²) in [5, 5.41) is 0. The lowest BCUT2D eigenvalue weighted by Crippen LogP contribution is -2.42. The predicted molar refractivity (Wildman–Crippen MR) is 43.1 cm³/mol. The first-order valence-corrected chi connectivity index (χ1v) is 3.65. The van der Waals surface area contributed by atoms with Crippen LogP contribution in [0.4, 0.5) is 0 Å². The number of esters is 2. The summed E-state index contributed by atoms with van der Waals surface area (Å²) in [7, 11) is 1.40. The fourth-order valence-electron chi connectivity index (χ4n) is 0.856. The molecule has 0 aromatic heterocycles. The Morgan fingerprint density at radius 2 is 1.69 bits per heavy atom. The molecule has 1 rings (SSSR count). The van der Waals surface area contributed by atoms with E-state index in [0.717, 1.165) is 0 Å². The fourth-order valence-corrected chi connectivity index (χ4v) is 0.856. The average Bonchev–Trinajstić information content (AvgIpc) is 1.94. The van der Waals surface area contributed by atoms with E-state index in [9.17, 15) is 9.59 Å². The highest BCUT2D eigenvalue weighted by molar-refractivity contribution is 6.21. The molecule has 0 aromatic carbocycles. The first-order valence-electron chi connectivity index (χ1n) is 3.65. The molecular formula is C8H9NO4. The molecule has 1 saturated heterocycles. The summed E-state index contributed by atoms with van der Waals surface area (Å²) in [6.45, 7) is 2.95. The van der Waals surface area contributed by atoms with Gasteiger partial charge in [0.1, 0.15) is 0 Å². The van der Waals surface area contributed by atoms with Crippen molar-refractivity contribution >= 4 is 17.8 Å². The third kappa shape index (κ3) is 1.95.